The monoisotopic (exact) mass is 255 g/mol. The Balaban J connectivity index is 2.90. The summed E-state index contributed by atoms with van der Waals surface area (Å²) in [5.41, 5.74) is -0.0516. The first-order chi connectivity index (χ1) is 8.39. The number of nitrogens with one attached hydrogen (secondary N) is 1. The van der Waals surface area contributed by atoms with E-state index < -0.39 is 11.4 Å². The zero-order valence-corrected chi connectivity index (χ0v) is 10.8. The lowest BCUT2D eigenvalue weighted by Gasteiger charge is -2.23. The van der Waals surface area contributed by atoms with E-state index in [0.717, 1.165) is 0 Å². The highest BCUT2D eigenvalue weighted by atomic mass is 19.1. The van der Waals surface area contributed by atoms with Crippen LogP contribution in [0.25, 0.3) is 0 Å². The molecule has 0 saturated carbocycles. The van der Waals surface area contributed by atoms with Crippen LogP contribution < -0.4 is 5.32 Å². The molecule has 0 aromatic heterocycles. The summed E-state index contributed by atoms with van der Waals surface area (Å²) in [7, 11) is 1.46. The molecule has 0 atom stereocenters. The number of carbonyl (C=O) groups excluding carboxylic acids is 1. The number of amides is 1. The van der Waals surface area contributed by atoms with E-state index in [1.165, 1.54) is 25.3 Å². The maximum absolute atomic E-state index is 13.4. The van der Waals surface area contributed by atoms with Crippen molar-refractivity contribution in [2.75, 3.05) is 13.7 Å². The average Bonchev–Trinajstić information content (AvgIpc) is 2.31. The van der Waals surface area contributed by atoms with Crippen molar-refractivity contribution in [3.63, 3.8) is 0 Å². The van der Waals surface area contributed by atoms with Crippen molar-refractivity contribution in [2.45, 2.75) is 26.0 Å². The molecule has 1 aromatic rings. The molecule has 0 aliphatic rings. The summed E-state index contributed by atoms with van der Waals surface area (Å²) >= 11 is 0. The van der Waals surface area contributed by atoms with E-state index in [0.29, 0.717) is 11.1 Å². The van der Waals surface area contributed by atoms with E-state index >= 15 is 0 Å². The smallest absolute Gasteiger partial charge is 0.251 e. The zero-order chi connectivity index (χ0) is 13.8. The molecule has 0 heterocycles. The van der Waals surface area contributed by atoms with Crippen LogP contribution >= 0.6 is 0 Å². The van der Waals surface area contributed by atoms with Crippen molar-refractivity contribution in [1.82, 2.24) is 5.32 Å². The van der Waals surface area contributed by atoms with Crippen molar-refractivity contribution in [3.8, 4) is 0 Å². The summed E-state index contributed by atoms with van der Waals surface area (Å²) in [4.78, 5) is 11.9. The van der Waals surface area contributed by atoms with Gasteiger partial charge in [-0.2, -0.15) is 0 Å². The highest BCUT2D eigenvalue weighted by Gasteiger charge is 2.20. The Hall–Kier alpha value is -1.46. The van der Waals surface area contributed by atoms with Gasteiger partial charge in [-0.25, -0.2) is 4.39 Å². The predicted octanol–water partition coefficient (Wildman–Crippen LogP) is 1.47. The minimum atomic E-state index is -0.715. The van der Waals surface area contributed by atoms with Gasteiger partial charge in [0.05, 0.1) is 18.8 Å². The first kappa shape index (κ1) is 14.6. The second kappa shape index (κ2) is 5.93. The van der Waals surface area contributed by atoms with Crippen LogP contribution in [0.5, 0.6) is 0 Å². The quantitative estimate of drug-likeness (QED) is 0.837. The van der Waals surface area contributed by atoms with Crippen LogP contribution in [-0.2, 0) is 11.3 Å². The van der Waals surface area contributed by atoms with Crippen LogP contribution in [-0.4, -0.2) is 30.3 Å². The molecule has 0 radical (unpaired) electrons. The molecular weight excluding hydrogens is 237 g/mol. The number of benzene rings is 1. The lowest BCUT2D eigenvalue weighted by molar-refractivity contribution is 0.0869. The molecule has 5 heteroatoms. The van der Waals surface area contributed by atoms with Crippen molar-refractivity contribution in [3.05, 3.63) is 35.1 Å². The molecule has 1 rings (SSSR count). The number of hydrogen-bond acceptors (Lipinski definition) is 3. The van der Waals surface area contributed by atoms with Gasteiger partial charge >= 0.3 is 0 Å². The Morgan fingerprint density at radius 3 is 2.72 bits per heavy atom. The van der Waals surface area contributed by atoms with E-state index in [2.05, 4.69) is 5.32 Å². The van der Waals surface area contributed by atoms with Crippen molar-refractivity contribution in [1.29, 1.82) is 0 Å². The summed E-state index contributed by atoms with van der Waals surface area (Å²) < 4.78 is 18.2. The van der Waals surface area contributed by atoms with Gasteiger partial charge in [0, 0.05) is 18.2 Å². The van der Waals surface area contributed by atoms with Gasteiger partial charge in [0.25, 0.3) is 5.91 Å². The lowest BCUT2D eigenvalue weighted by Crippen LogP contribution is -2.46. The van der Waals surface area contributed by atoms with Crippen molar-refractivity contribution < 1.29 is 19.0 Å². The lowest BCUT2D eigenvalue weighted by atomic mass is 10.0. The normalized spacial score (nSPS) is 11.4. The predicted molar refractivity (Wildman–Crippen MR) is 65.7 cm³/mol. The second-order valence-electron chi connectivity index (χ2n) is 4.74. The molecule has 100 valence electrons. The van der Waals surface area contributed by atoms with Crippen LogP contribution in [0.15, 0.2) is 18.2 Å². The minimum absolute atomic E-state index is 0.107. The fraction of sp³-hybridized carbons (Fsp3) is 0.462. The molecule has 4 nitrogen and oxygen atoms in total. The molecule has 0 aliphatic carbocycles. The van der Waals surface area contributed by atoms with E-state index in [9.17, 15) is 9.18 Å². The molecule has 0 unspecified atom stereocenters. The van der Waals surface area contributed by atoms with Crippen molar-refractivity contribution in [2.24, 2.45) is 0 Å². The van der Waals surface area contributed by atoms with Gasteiger partial charge in [-0.3, -0.25) is 4.79 Å². The molecule has 0 saturated heterocycles. The van der Waals surface area contributed by atoms with Gasteiger partial charge in [0.15, 0.2) is 0 Å². The third-order valence-electron chi connectivity index (χ3n) is 2.45. The van der Waals surface area contributed by atoms with E-state index in [1.807, 2.05) is 0 Å². The Labute approximate surface area is 106 Å². The molecule has 18 heavy (non-hydrogen) atoms. The summed E-state index contributed by atoms with van der Waals surface area (Å²) in [6.45, 7) is 3.33. The summed E-state index contributed by atoms with van der Waals surface area (Å²) in [6.07, 6.45) is 0. The van der Waals surface area contributed by atoms with Gasteiger partial charge in [-0.1, -0.05) is 0 Å². The van der Waals surface area contributed by atoms with Crippen LogP contribution in [0.4, 0.5) is 4.39 Å². The third kappa shape index (κ3) is 3.78. The van der Waals surface area contributed by atoms with Gasteiger partial charge in [0.2, 0.25) is 0 Å². The maximum atomic E-state index is 13.4. The number of carbonyl (C=O) groups is 1. The molecular formula is C13H18FNO3. The first-order valence-corrected chi connectivity index (χ1v) is 5.60. The molecule has 2 N–H and O–H groups in total. The fourth-order valence-corrected chi connectivity index (χ4v) is 1.40. The molecule has 0 spiro atoms. The van der Waals surface area contributed by atoms with Gasteiger partial charge < -0.3 is 15.2 Å². The molecule has 0 fully saturated rings. The standard InChI is InChI=1S/C13H18FNO3/c1-13(2,8-16)15-12(17)9-4-5-11(14)10(6-9)7-18-3/h4-6,16H,7-8H2,1-3H3,(H,15,17). The number of methoxy groups -OCH3 is 1. The molecule has 0 aliphatic heterocycles. The molecule has 0 bridgehead atoms. The first-order valence-electron chi connectivity index (χ1n) is 5.60. The van der Waals surface area contributed by atoms with E-state index in [4.69, 9.17) is 9.84 Å². The minimum Gasteiger partial charge on any atom is -0.394 e. The highest BCUT2D eigenvalue weighted by molar-refractivity contribution is 5.94. The van der Waals surface area contributed by atoms with Gasteiger partial charge in [-0.05, 0) is 32.0 Å². The largest absolute Gasteiger partial charge is 0.394 e. The van der Waals surface area contributed by atoms with Crippen molar-refractivity contribution >= 4 is 5.91 Å². The Morgan fingerprint density at radius 2 is 2.17 bits per heavy atom. The maximum Gasteiger partial charge on any atom is 0.251 e. The Kier molecular flexibility index (Phi) is 4.81. The van der Waals surface area contributed by atoms with Crippen LogP contribution in [0.1, 0.15) is 29.8 Å². The number of aliphatic hydroxyl groups is 1. The molecule has 1 aromatic carbocycles. The van der Waals surface area contributed by atoms with Gasteiger partial charge in [0.1, 0.15) is 5.82 Å². The summed E-state index contributed by atoms with van der Waals surface area (Å²) in [5, 5.41) is 11.7. The van der Waals surface area contributed by atoms with Crippen LogP contribution in [0.3, 0.4) is 0 Å². The fourth-order valence-electron chi connectivity index (χ4n) is 1.40. The average molecular weight is 255 g/mol. The summed E-state index contributed by atoms with van der Waals surface area (Å²) in [5.74, 6) is -0.763. The van der Waals surface area contributed by atoms with E-state index in [1.54, 1.807) is 13.8 Å². The SMILES string of the molecule is COCc1cc(C(=O)NC(C)(C)CO)ccc1F. The van der Waals surface area contributed by atoms with E-state index in [-0.39, 0.29) is 19.1 Å². The van der Waals surface area contributed by atoms with Crippen LogP contribution in [0.2, 0.25) is 0 Å². The van der Waals surface area contributed by atoms with Crippen LogP contribution in [0, 0.1) is 5.82 Å². The number of hydrogen-bond donors (Lipinski definition) is 2. The Morgan fingerprint density at radius 1 is 1.50 bits per heavy atom. The summed E-state index contributed by atoms with van der Waals surface area (Å²) in [6, 6.07) is 4.08. The third-order valence-corrected chi connectivity index (χ3v) is 2.45. The highest BCUT2D eigenvalue weighted by Crippen LogP contribution is 2.13. The second-order valence-corrected chi connectivity index (χ2v) is 4.74. The zero-order valence-electron chi connectivity index (χ0n) is 10.8. The molecule has 1 amide bonds. The van der Waals surface area contributed by atoms with Gasteiger partial charge in [-0.15, -0.1) is 0 Å². The number of halogens is 1. The Bertz CT molecular complexity index is 432. The number of aliphatic hydroxyl groups excluding tert-OH is 1. The number of rotatable bonds is 5. The number of ether oxygens (including phenoxy) is 1. The topological polar surface area (TPSA) is 58.6 Å².